The normalized spacial score (nSPS) is 12.8. The molecule has 2 atom stereocenters. The highest BCUT2D eigenvalue weighted by molar-refractivity contribution is 8.13. The molecule has 1 rings (SSSR count). The number of carbonyl (C=O) groups excluding carboxylic acids is 3. The van der Waals surface area contributed by atoms with Crippen LogP contribution in [0.2, 0.25) is 0 Å². The zero-order valence-corrected chi connectivity index (χ0v) is 15.9. The first-order valence-electron chi connectivity index (χ1n) is 7.89. The van der Waals surface area contributed by atoms with Crippen LogP contribution in [-0.4, -0.2) is 40.2 Å². The van der Waals surface area contributed by atoms with Crippen molar-refractivity contribution in [2.75, 3.05) is 17.3 Å². The fraction of sp³-hybridized carbons (Fsp3) is 0.389. The van der Waals surface area contributed by atoms with Crippen molar-refractivity contribution in [2.45, 2.75) is 19.4 Å². The first-order chi connectivity index (χ1) is 11.9. The highest BCUT2D eigenvalue weighted by Crippen LogP contribution is 2.16. The lowest BCUT2D eigenvalue weighted by molar-refractivity contribution is -0.129. The van der Waals surface area contributed by atoms with Gasteiger partial charge in [-0.15, -0.1) is 6.58 Å². The molecule has 0 radical (unpaired) electrons. The molecule has 0 fully saturated rings. The fourth-order valence-corrected chi connectivity index (χ4v) is 3.59. The summed E-state index contributed by atoms with van der Waals surface area (Å²) < 4.78 is 0. The van der Waals surface area contributed by atoms with Gasteiger partial charge in [-0.25, -0.2) is 0 Å². The maximum atomic E-state index is 12.6. The van der Waals surface area contributed by atoms with Gasteiger partial charge in [-0.05, 0) is 12.0 Å². The minimum Gasteiger partial charge on any atom is -0.368 e. The number of hydrogen-bond acceptors (Lipinski definition) is 5. The van der Waals surface area contributed by atoms with Crippen LogP contribution in [0.4, 0.5) is 0 Å². The Balaban J connectivity index is 2.76. The van der Waals surface area contributed by atoms with Crippen molar-refractivity contribution >= 4 is 40.5 Å². The summed E-state index contributed by atoms with van der Waals surface area (Å²) in [5.41, 5.74) is 6.39. The lowest BCUT2D eigenvalue weighted by Crippen LogP contribution is -2.49. The van der Waals surface area contributed by atoms with E-state index in [0.717, 1.165) is 17.3 Å². The van der Waals surface area contributed by atoms with E-state index in [4.69, 9.17) is 5.73 Å². The van der Waals surface area contributed by atoms with E-state index in [1.807, 2.05) is 30.3 Å². The van der Waals surface area contributed by atoms with Crippen LogP contribution in [0.3, 0.4) is 0 Å². The van der Waals surface area contributed by atoms with Crippen LogP contribution in [0.5, 0.6) is 0 Å². The van der Waals surface area contributed by atoms with Crippen LogP contribution >= 0.6 is 23.5 Å². The number of nitrogens with two attached hydrogens (primary N) is 1. The minimum absolute atomic E-state index is 0.0427. The predicted molar refractivity (Wildman–Crippen MR) is 105 cm³/mol. The van der Waals surface area contributed by atoms with Gasteiger partial charge in [0.15, 0.2) is 5.12 Å². The Morgan fingerprint density at radius 1 is 1.24 bits per heavy atom. The number of carbonyl (C=O) groups is 3. The maximum Gasteiger partial charge on any atom is 0.240 e. The first-order valence-corrected chi connectivity index (χ1v) is 10.0. The Bertz CT molecular complexity index is 593. The largest absolute Gasteiger partial charge is 0.368 e. The van der Waals surface area contributed by atoms with Gasteiger partial charge in [0.25, 0.3) is 0 Å². The quantitative estimate of drug-likeness (QED) is 0.453. The standard InChI is InChI=1S/C18H24N2O3S2/c1-3-9-24-12-16(17(19)22)20-18(23)15(11-25-13(2)21)10-14-7-5-4-6-8-14/h3-8,15-16H,1,9-12H2,2H3,(H2,19,22)(H,20,23)/t15-,16-/m0/s1. The molecule has 1 aromatic carbocycles. The van der Waals surface area contributed by atoms with Gasteiger partial charge in [-0.2, -0.15) is 11.8 Å². The third kappa shape index (κ3) is 8.79. The van der Waals surface area contributed by atoms with Crippen LogP contribution in [0.15, 0.2) is 43.0 Å². The number of rotatable bonds is 11. The third-order valence-electron chi connectivity index (χ3n) is 3.36. The summed E-state index contributed by atoms with van der Waals surface area (Å²) in [6.07, 6.45) is 2.23. The van der Waals surface area contributed by atoms with Crippen molar-refractivity contribution in [3.63, 3.8) is 0 Å². The van der Waals surface area contributed by atoms with Crippen molar-refractivity contribution in [2.24, 2.45) is 11.7 Å². The summed E-state index contributed by atoms with van der Waals surface area (Å²) in [6, 6.07) is 8.84. The van der Waals surface area contributed by atoms with Crippen LogP contribution < -0.4 is 11.1 Å². The monoisotopic (exact) mass is 380 g/mol. The van der Waals surface area contributed by atoms with Crippen LogP contribution in [0.1, 0.15) is 12.5 Å². The summed E-state index contributed by atoms with van der Waals surface area (Å²) in [5, 5.41) is 2.68. The van der Waals surface area contributed by atoms with E-state index in [1.54, 1.807) is 6.08 Å². The molecule has 2 amide bonds. The molecule has 7 heteroatoms. The van der Waals surface area contributed by atoms with Crippen molar-refractivity contribution in [1.82, 2.24) is 5.32 Å². The van der Waals surface area contributed by atoms with E-state index < -0.39 is 17.9 Å². The molecule has 0 aliphatic carbocycles. The van der Waals surface area contributed by atoms with Gasteiger partial charge in [-0.3, -0.25) is 14.4 Å². The maximum absolute atomic E-state index is 12.6. The average Bonchev–Trinajstić information content (AvgIpc) is 2.58. The summed E-state index contributed by atoms with van der Waals surface area (Å²) in [5.74, 6) is 0.186. The van der Waals surface area contributed by atoms with E-state index in [-0.39, 0.29) is 11.0 Å². The fourth-order valence-electron chi connectivity index (χ4n) is 2.10. The molecule has 0 spiro atoms. The van der Waals surface area contributed by atoms with Gasteiger partial charge in [0, 0.05) is 24.2 Å². The minimum atomic E-state index is -0.738. The summed E-state index contributed by atoms with van der Waals surface area (Å²) >= 11 is 2.58. The molecule has 0 saturated carbocycles. The molecule has 0 aliphatic rings. The summed E-state index contributed by atoms with van der Waals surface area (Å²) in [6.45, 7) is 5.09. The number of hydrogen-bond donors (Lipinski definition) is 2. The zero-order valence-electron chi connectivity index (χ0n) is 14.3. The Morgan fingerprint density at radius 2 is 1.92 bits per heavy atom. The topological polar surface area (TPSA) is 89.3 Å². The van der Waals surface area contributed by atoms with Gasteiger partial charge in [0.05, 0.1) is 5.92 Å². The molecule has 0 bridgehead atoms. The van der Waals surface area contributed by atoms with Crippen molar-refractivity contribution in [3.05, 3.63) is 48.6 Å². The lowest BCUT2D eigenvalue weighted by Gasteiger charge is -2.20. The van der Waals surface area contributed by atoms with Gasteiger partial charge >= 0.3 is 0 Å². The number of primary amides is 1. The molecule has 5 nitrogen and oxygen atoms in total. The predicted octanol–water partition coefficient (Wildman–Crippen LogP) is 2.01. The van der Waals surface area contributed by atoms with Crippen molar-refractivity contribution in [3.8, 4) is 0 Å². The molecular formula is C18H24N2O3S2. The summed E-state index contributed by atoms with van der Waals surface area (Å²) in [7, 11) is 0. The average molecular weight is 381 g/mol. The molecule has 0 heterocycles. The van der Waals surface area contributed by atoms with E-state index in [1.165, 1.54) is 18.7 Å². The van der Waals surface area contributed by atoms with Gasteiger partial charge in [-0.1, -0.05) is 48.2 Å². The molecule has 136 valence electrons. The molecule has 0 saturated heterocycles. The Labute approximate surface area is 157 Å². The molecule has 25 heavy (non-hydrogen) atoms. The SMILES string of the molecule is C=CCSC[C@H](NC(=O)[C@H](CSC(C)=O)Cc1ccccc1)C(N)=O. The zero-order chi connectivity index (χ0) is 18.7. The number of nitrogens with one attached hydrogen (secondary N) is 1. The first kappa shape index (κ1) is 21.3. The summed E-state index contributed by atoms with van der Waals surface area (Å²) in [4.78, 5) is 35.5. The Hall–Kier alpha value is -1.73. The second kappa shape index (κ2) is 11.8. The number of amides is 2. The van der Waals surface area contributed by atoms with Crippen molar-refractivity contribution in [1.29, 1.82) is 0 Å². The molecule has 0 aliphatic heterocycles. The Kier molecular flexibility index (Phi) is 10.0. The van der Waals surface area contributed by atoms with E-state index in [9.17, 15) is 14.4 Å². The molecule has 1 aromatic rings. The molecular weight excluding hydrogens is 356 g/mol. The molecule has 0 aromatic heterocycles. The Morgan fingerprint density at radius 3 is 2.48 bits per heavy atom. The smallest absolute Gasteiger partial charge is 0.240 e. The van der Waals surface area contributed by atoms with E-state index >= 15 is 0 Å². The number of thioether (sulfide) groups is 2. The second-order valence-corrected chi connectivity index (χ2v) is 7.75. The van der Waals surface area contributed by atoms with Gasteiger partial charge < -0.3 is 11.1 Å². The lowest BCUT2D eigenvalue weighted by atomic mass is 10.00. The van der Waals surface area contributed by atoms with Crippen LogP contribution in [0.25, 0.3) is 0 Å². The van der Waals surface area contributed by atoms with Crippen LogP contribution in [-0.2, 0) is 20.8 Å². The number of benzene rings is 1. The van der Waals surface area contributed by atoms with Crippen molar-refractivity contribution < 1.29 is 14.4 Å². The van der Waals surface area contributed by atoms with Gasteiger partial charge in [0.1, 0.15) is 6.04 Å². The van der Waals surface area contributed by atoms with E-state index in [0.29, 0.717) is 23.7 Å². The third-order valence-corrected chi connectivity index (χ3v) is 5.38. The second-order valence-electron chi connectivity index (χ2n) is 5.48. The highest BCUT2D eigenvalue weighted by Gasteiger charge is 2.25. The molecule has 3 N–H and O–H groups in total. The van der Waals surface area contributed by atoms with Gasteiger partial charge in [0.2, 0.25) is 11.8 Å². The highest BCUT2D eigenvalue weighted by atomic mass is 32.2. The van der Waals surface area contributed by atoms with Crippen LogP contribution in [0, 0.1) is 5.92 Å². The van der Waals surface area contributed by atoms with E-state index in [2.05, 4.69) is 11.9 Å². The molecule has 0 unspecified atom stereocenters.